The first-order valence-corrected chi connectivity index (χ1v) is 8.76. The van der Waals surface area contributed by atoms with Gasteiger partial charge in [0.25, 0.3) is 16.0 Å². The molecule has 2 unspecified atom stereocenters. The minimum Gasteiger partial charge on any atom is -0.367 e. The van der Waals surface area contributed by atoms with Crippen LogP contribution in [-0.2, 0) is 19.1 Å². The van der Waals surface area contributed by atoms with Gasteiger partial charge in [0.05, 0.1) is 5.25 Å². The predicted molar refractivity (Wildman–Crippen MR) is 80.0 cm³/mol. The SMILES string of the molecule is CC(C)S(=O)(=O)OC1(C(N)=O)CCCC1c1ccc(F)cc1F. The van der Waals surface area contributed by atoms with E-state index >= 15 is 0 Å². The second-order valence-corrected chi connectivity index (χ2v) is 8.08. The largest absolute Gasteiger partial charge is 0.367 e. The molecular formula is C15H19F2NO4S. The van der Waals surface area contributed by atoms with Crippen LogP contribution in [0.1, 0.15) is 44.6 Å². The van der Waals surface area contributed by atoms with Crippen LogP contribution in [-0.4, -0.2) is 25.2 Å². The van der Waals surface area contributed by atoms with E-state index in [1.807, 2.05) is 0 Å². The van der Waals surface area contributed by atoms with Crippen molar-refractivity contribution >= 4 is 16.0 Å². The van der Waals surface area contributed by atoms with Gasteiger partial charge in [-0.1, -0.05) is 6.07 Å². The van der Waals surface area contributed by atoms with Gasteiger partial charge in [0.15, 0.2) is 5.60 Å². The molecule has 23 heavy (non-hydrogen) atoms. The third-order valence-corrected chi connectivity index (χ3v) is 5.89. The van der Waals surface area contributed by atoms with Gasteiger partial charge in [0.2, 0.25) is 0 Å². The first-order chi connectivity index (χ1) is 10.6. The molecule has 5 nitrogen and oxygen atoms in total. The smallest absolute Gasteiger partial charge is 0.270 e. The van der Waals surface area contributed by atoms with Crippen LogP contribution in [0, 0.1) is 11.6 Å². The molecule has 2 atom stereocenters. The number of primary amides is 1. The van der Waals surface area contributed by atoms with Crippen LogP contribution in [0.25, 0.3) is 0 Å². The van der Waals surface area contributed by atoms with E-state index in [0.717, 1.165) is 6.07 Å². The van der Waals surface area contributed by atoms with Gasteiger partial charge in [-0.15, -0.1) is 0 Å². The summed E-state index contributed by atoms with van der Waals surface area (Å²) in [6.07, 6.45) is 0.826. The average Bonchev–Trinajstić information content (AvgIpc) is 2.82. The number of hydrogen-bond acceptors (Lipinski definition) is 4. The Bertz CT molecular complexity index is 720. The minimum atomic E-state index is -4.04. The second kappa shape index (κ2) is 6.16. The summed E-state index contributed by atoms with van der Waals surface area (Å²) >= 11 is 0. The Morgan fingerprint density at radius 1 is 1.39 bits per heavy atom. The summed E-state index contributed by atoms with van der Waals surface area (Å²) in [6, 6.07) is 2.94. The maximum Gasteiger partial charge on any atom is 0.270 e. The van der Waals surface area contributed by atoms with E-state index < -0.39 is 44.4 Å². The standard InChI is InChI=1S/C15H19F2NO4S/c1-9(2)23(20,21)22-15(14(18)19)7-3-4-12(15)11-6-5-10(16)8-13(11)17/h5-6,8-9,12H,3-4,7H2,1-2H3,(H2,18,19). The number of rotatable bonds is 5. The number of carbonyl (C=O) groups excluding carboxylic acids is 1. The monoisotopic (exact) mass is 347 g/mol. The van der Waals surface area contributed by atoms with Crippen molar-refractivity contribution in [3.05, 3.63) is 35.4 Å². The highest BCUT2D eigenvalue weighted by Crippen LogP contribution is 2.47. The normalized spacial score (nSPS) is 25.0. The van der Waals surface area contributed by atoms with Crippen molar-refractivity contribution < 1.29 is 26.2 Å². The van der Waals surface area contributed by atoms with E-state index in [4.69, 9.17) is 9.92 Å². The van der Waals surface area contributed by atoms with Gasteiger partial charge >= 0.3 is 0 Å². The summed E-state index contributed by atoms with van der Waals surface area (Å²) < 4.78 is 56.7. The summed E-state index contributed by atoms with van der Waals surface area (Å²) in [6.45, 7) is 2.82. The van der Waals surface area contributed by atoms with Crippen LogP contribution in [0.2, 0.25) is 0 Å². The van der Waals surface area contributed by atoms with Crippen LogP contribution in [0.5, 0.6) is 0 Å². The van der Waals surface area contributed by atoms with Crippen molar-refractivity contribution in [1.82, 2.24) is 0 Å². The third kappa shape index (κ3) is 3.23. The summed E-state index contributed by atoms with van der Waals surface area (Å²) in [5.74, 6) is -3.46. The van der Waals surface area contributed by atoms with E-state index in [-0.39, 0.29) is 12.0 Å². The molecule has 1 aliphatic carbocycles. The number of benzene rings is 1. The molecule has 0 saturated heterocycles. The van der Waals surface area contributed by atoms with E-state index in [1.165, 1.54) is 19.9 Å². The molecule has 8 heteroatoms. The molecule has 1 aromatic carbocycles. The van der Waals surface area contributed by atoms with Gasteiger partial charge in [0, 0.05) is 12.0 Å². The van der Waals surface area contributed by atoms with Crippen molar-refractivity contribution in [1.29, 1.82) is 0 Å². The Hall–Kier alpha value is -1.54. The van der Waals surface area contributed by atoms with E-state index in [2.05, 4.69) is 0 Å². The fourth-order valence-electron chi connectivity index (χ4n) is 2.91. The molecule has 1 fully saturated rings. The average molecular weight is 347 g/mol. The van der Waals surface area contributed by atoms with Crippen LogP contribution < -0.4 is 5.73 Å². The van der Waals surface area contributed by atoms with Crippen LogP contribution in [0.4, 0.5) is 8.78 Å². The summed E-state index contributed by atoms with van der Waals surface area (Å²) in [4.78, 5) is 12.0. The Morgan fingerprint density at radius 2 is 2.04 bits per heavy atom. The van der Waals surface area contributed by atoms with Crippen LogP contribution in [0.3, 0.4) is 0 Å². The van der Waals surface area contributed by atoms with Crippen molar-refractivity contribution in [2.24, 2.45) is 5.73 Å². The lowest BCUT2D eigenvalue weighted by Crippen LogP contribution is -2.50. The van der Waals surface area contributed by atoms with Crippen LogP contribution in [0.15, 0.2) is 18.2 Å². The summed E-state index contributed by atoms with van der Waals surface area (Å²) in [5, 5.41) is -0.877. The lowest BCUT2D eigenvalue weighted by molar-refractivity contribution is -0.134. The Labute approximate surface area is 133 Å². The third-order valence-electron chi connectivity index (χ3n) is 4.20. The first-order valence-electron chi connectivity index (χ1n) is 7.29. The molecule has 0 spiro atoms. The highest BCUT2D eigenvalue weighted by atomic mass is 32.2. The van der Waals surface area contributed by atoms with Crippen molar-refractivity contribution in [2.45, 2.75) is 49.9 Å². The molecule has 2 rings (SSSR count). The van der Waals surface area contributed by atoms with Gasteiger partial charge in [-0.3, -0.25) is 8.98 Å². The molecule has 1 saturated carbocycles. The van der Waals surface area contributed by atoms with Gasteiger partial charge < -0.3 is 5.73 Å². The lowest BCUT2D eigenvalue weighted by atomic mass is 9.84. The number of carbonyl (C=O) groups is 1. The number of nitrogens with two attached hydrogens (primary N) is 1. The van der Waals surface area contributed by atoms with Gasteiger partial charge in [-0.2, -0.15) is 8.42 Å². The predicted octanol–water partition coefficient (Wildman–Crippen LogP) is 2.21. The highest BCUT2D eigenvalue weighted by Gasteiger charge is 2.53. The topological polar surface area (TPSA) is 86.5 Å². The molecular weight excluding hydrogens is 328 g/mol. The molecule has 0 aromatic heterocycles. The van der Waals surface area contributed by atoms with E-state index in [9.17, 15) is 22.0 Å². The highest BCUT2D eigenvalue weighted by molar-refractivity contribution is 7.87. The van der Waals surface area contributed by atoms with Gasteiger partial charge in [0.1, 0.15) is 11.6 Å². The fourth-order valence-corrected chi connectivity index (χ4v) is 3.79. The maximum atomic E-state index is 14.1. The molecule has 128 valence electrons. The van der Waals surface area contributed by atoms with Crippen LogP contribution >= 0.6 is 0 Å². The number of halogens is 2. The zero-order valence-electron chi connectivity index (χ0n) is 12.9. The van der Waals surface area contributed by atoms with Gasteiger partial charge in [-0.05, 0) is 44.7 Å². The fraction of sp³-hybridized carbons (Fsp3) is 0.533. The molecule has 0 aliphatic heterocycles. The second-order valence-electron chi connectivity index (χ2n) is 5.99. The zero-order valence-corrected chi connectivity index (χ0v) is 13.7. The molecule has 1 aliphatic rings. The molecule has 1 aromatic rings. The minimum absolute atomic E-state index is 0.0293. The molecule has 0 radical (unpaired) electrons. The Balaban J connectivity index is 2.52. The van der Waals surface area contributed by atoms with Crippen molar-refractivity contribution in [3.8, 4) is 0 Å². The van der Waals surface area contributed by atoms with Gasteiger partial charge in [-0.25, -0.2) is 8.78 Å². The first kappa shape index (κ1) is 17.8. The van der Waals surface area contributed by atoms with E-state index in [1.54, 1.807) is 0 Å². The molecule has 0 heterocycles. The Kier molecular flexibility index (Phi) is 4.77. The van der Waals surface area contributed by atoms with Crippen molar-refractivity contribution in [2.75, 3.05) is 0 Å². The molecule has 0 bridgehead atoms. The maximum absolute atomic E-state index is 14.1. The summed E-state index contributed by atoms with van der Waals surface area (Å²) in [7, 11) is -4.04. The number of hydrogen-bond donors (Lipinski definition) is 1. The zero-order chi connectivity index (χ0) is 17.4. The summed E-state index contributed by atoms with van der Waals surface area (Å²) in [5.41, 5.74) is 3.61. The lowest BCUT2D eigenvalue weighted by Gasteiger charge is -2.32. The Morgan fingerprint density at radius 3 is 2.57 bits per heavy atom. The molecule has 2 N–H and O–H groups in total. The quantitative estimate of drug-likeness (QED) is 0.828. The van der Waals surface area contributed by atoms with E-state index in [0.29, 0.717) is 18.9 Å². The van der Waals surface area contributed by atoms with Crippen molar-refractivity contribution in [3.63, 3.8) is 0 Å². The molecule has 1 amide bonds. The number of amides is 1.